The monoisotopic (exact) mass is 374 g/mol. The summed E-state index contributed by atoms with van der Waals surface area (Å²) in [5, 5.41) is 5.68. The molecule has 2 aromatic rings. The standard InChI is InChI=1S/C21H24F2N2O2/c1-21(2,13-24-19(26)11-15-3-7-17(22)8-4-15)14-25-20(27)12-16-5-9-18(23)10-6-16/h3-10H,11-14H2,1-2H3,(H,24,26)(H,25,27). The summed E-state index contributed by atoms with van der Waals surface area (Å²) < 4.78 is 25.8. The van der Waals surface area contributed by atoms with Crippen molar-refractivity contribution in [2.45, 2.75) is 26.7 Å². The Morgan fingerprint density at radius 1 is 0.741 bits per heavy atom. The van der Waals surface area contributed by atoms with Crippen molar-refractivity contribution in [2.24, 2.45) is 5.41 Å². The molecule has 0 aliphatic heterocycles. The summed E-state index contributed by atoms with van der Waals surface area (Å²) in [6.45, 7) is 4.65. The molecule has 0 aliphatic rings. The first-order chi connectivity index (χ1) is 12.7. The van der Waals surface area contributed by atoms with Gasteiger partial charge >= 0.3 is 0 Å². The van der Waals surface area contributed by atoms with Crippen LogP contribution in [-0.4, -0.2) is 24.9 Å². The molecule has 0 saturated carbocycles. The summed E-state index contributed by atoms with van der Waals surface area (Å²) >= 11 is 0. The Labute approximate surface area is 158 Å². The van der Waals surface area contributed by atoms with Gasteiger partial charge in [-0.25, -0.2) is 8.78 Å². The normalized spacial score (nSPS) is 11.1. The van der Waals surface area contributed by atoms with Crippen molar-refractivity contribution in [3.63, 3.8) is 0 Å². The molecule has 0 unspecified atom stereocenters. The molecule has 0 fully saturated rings. The Morgan fingerprint density at radius 3 is 1.41 bits per heavy atom. The highest BCUT2D eigenvalue weighted by Crippen LogP contribution is 2.12. The SMILES string of the molecule is CC(C)(CNC(=O)Cc1ccc(F)cc1)CNC(=O)Cc1ccc(F)cc1. The number of amides is 2. The molecule has 2 rings (SSSR count). The molecule has 0 saturated heterocycles. The molecule has 0 heterocycles. The predicted octanol–water partition coefficient (Wildman–Crippen LogP) is 3.01. The Kier molecular flexibility index (Phi) is 7.05. The van der Waals surface area contributed by atoms with Crippen molar-refractivity contribution >= 4 is 11.8 Å². The summed E-state index contributed by atoms with van der Waals surface area (Å²) in [6.07, 6.45) is 0.348. The molecule has 0 bridgehead atoms. The van der Waals surface area contributed by atoms with E-state index in [1.807, 2.05) is 13.8 Å². The van der Waals surface area contributed by atoms with Crippen LogP contribution in [0.25, 0.3) is 0 Å². The van der Waals surface area contributed by atoms with Crippen LogP contribution in [0.1, 0.15) is 25.0 Å². The van der Waals surface area contributed by atoms with Crippen LogP contribution in [0.5, 0.6) is 0 Å². The zero-order chi connectivity index (χ0) is 19.9. The lowest BCUT2D eigenvalue weighted by Crippen LogP contribution is -2.42. The predicted molar refractivity (Wildman–Crippen MR) is 100 cm³/mol. The van der Waals surface area contributed by atoms with E-state index in [0.717, 1.165) is 11.1 Å². The fourth-order valence-electron chi connectivity index (χ4n) is 2.44. The van der Waals surface area contributed by atoms with E-state index in [2.05, 4.69) is 10.6 Å². The van der Waals surface area contributed by atoms with Crippen molar-refractivity contribution in [2.75, 3.05) is 13.1 Å². The van der Waals surface area contributed by atoms with Crippen LogP contribution in [0.4, 0.5) is 8.78 Å². The van der Waals surface area contributed by atoms with Crippen LogP contribution in [0.2, 0.25) is 0 Å². The molecule has 6 heteroatoms. The van der Waals surface area contributed by atoms with Gasteiger partial charge < -0.3 is 10.6 Å². The number of halogens is 2. The van der Waals surface area contributed by atoms with Gasteiger partial charge in [-0.1, -0.05) is 38.1 Å². The average Bonchev–Trinajstić information content (AvgIpc) is 2.63. The van der Waals surface area contributed by atoms with Gasteiger partial charge in [-0.2, -0.15) is 0 Å². The molecule has 0 aliphatic carbocycles. The van der Waals surface area contributed by atoms with E-state index in [9.17, 15) is 18.4 Å². The Morgan fingerprint density at radius 2 is 1.07 bits per heavy atom. The maximum atomic E-state index is 12.9. The second-order valence-electron chi connectivity index (χ2n) is 7.32. The van der Waals surface area contributed by atoms with Gasteiger partial charge in [-0.15, -0.1) is 0 Å². The molecule has 144 valence electrons. The molecule has 27 heavy (non-hydrogen) atoms. The van der Waals surface area contributed by atoms with Crippen molar-refractivity contribution in [1.29, 1.82) is 0 Å². The molecule has 0 spiro atoms. The van der Waals surface area contributed by atoms with Crippen LogP contribution < -0.4 is 10.6 Å². The smallest absolute Gasteiger partial charge is 0.224 e. The van der Waals surface area contributed by atoms with Gasteiger partial charge in [0.05, 0.1) is 12.8 Å². The quantitative estimate of drug-likeness (QED) is 0.746. The zero-order valence-corrected chi connectivity index (χ0v) is 15.5. The minimum absolute atomic E-state index is 0.160. The fraction of sp³-hybridized carbons (Fsp3) is 0.333. The highest BCUT2D eigenvalue weighted by molar-refractivity contribution is 5.79. The molecule has 0 atom stereocenters. The van der Waals surface area contributed by atoms with E-state index >= 15 is 0 Å². The van der Waals surface area contributed by atoms with Crippen LogP contribution in [0.15, 0.2) is 48.5 Å². The van der Waals surface area contributed by atoms with Gasteiger partial charge in [-0.3, -0.25) is 9.59 Å². The van der Waals surface area contributed by atoms with Crippen LogP contribution in [0, 0.1) is 17.0 Å². The van der Waals surface area contributed by atoms with E-state index < -0.39 is 0 Å². The maximum Gasteiger partial charge on any atom is 0.224 e. The summed E-state index contributed by atoms with van der Waals surface area (Å²) in [5.41, 5.74) is 1.13. The average molecular weight is 374 g/mol. The number of carbonyl (C=O) groups is 2. The van der Waals surface area contributed by atoms with Gasteiger partial charge in [0.25, 0.3) is 0 Å². The van der Waals surface area contributed by atoms with Crippen LogP contribution >= 0.6 is 0 Å². The highest BCUT2D eigenvalue weighted by atomic mass is 19.1. The fourth-order valence-corrected chi connectivity index (χ4v) is 2.44. The van der Waals surface area contributed by atoms with Gasteiger partial charge in [0, 0.05) is 13.1 Å². The summed E-state index contributed by atoms with van der Waals surface area (Å²) in [6, 6.07) is 11.6. The third-order valence-corrected chi connectivity index (χ3v) is 4.08. The number of carbonyl (C=O) groups excluding carboxylic acids is 2. The molecule has 0 aromatic heterocycles. The van der Waals surface area contributed by atoms with Crippen LogP contribution in [-0.2, 0) is 22.4 Å². The van der Waals surface area contributed by atoms with E-state index in [0.29, 0.717) is 13.1 Å². The number of nitrogens with one attached hydrogen (secondary N) is 2. The Bertz CT molecular complexity index is 706. The van der Waals surface area contributed by atoms with Crippen molar-refractivity contribution in [1.82, 2.24) is 10.6 Å². The van der Waals surface area contributed by atoms with E-state index in [-0.39, 0.29) is 41.7 Å². The number of benzene rings is 2. The number of hydrogen-bond donors (Lipinski definition) is 2. The maximum absolute atomic E-state index is 12.9. The van der Waals surface area contributed by atoms with E-state index in [1.54, 1.807) is 24.3 Å². The van der Waals surface area contributed by atoms with E-state index in [4.69, 9.17) is 0 Å². The summed E-state index contributed by atoms with van der Waals surface area (Å²) in [5.74, 6) is -0.993. The molecule has 2 amide bonds. The second-order valence-corrected chi connectivity index (χ2v) is 7.32. The van der Waals surface area contributed by atoms with Crippen molar-refractivity contribution in [3.05, 3.63) is 71.3 Å². The molecular formula is C21H24F2N2O2. The highest BCUT2D eigenvalue weighted by Gasteiger charge is 2.20. The zero-order valence-electron chi connectivity index (χ0n) is 15.5. The summed E-state index contributed by atoms with van der Waals surface area (Å²) in [7, 11) is 0. The lowest BCUT2D eigenvalue weighted by atomic mass is 9.93. The molecular weight excluding hydrogens is 350 g/mol. The molecule has 0 radical (unpaired) electrons. The van der Waals surface area contributed by atoms with Crippen molar-refractivity contribution in [3.8, 4) is 0 Å². The summed E-state index contributed by atoms with van der Waals surface area (Å²) in [4.78, 5) is 24.1. The first kappa shape index (κ1) is 20.6. The molecule has 4 nitrogen and oxygen atoms in total. The second kappa shape index (κ2) is 9.26. The van der Waals surface area contributed by atoms with Gasteiger partial charge in [0.2, 0.25) is 11.8 Å². The number of hydrogen-bond acceptors (Lipinski definition) is 2. The van der Waals surface area contributed by atoms with Crippen LogP contribution in [0.3, 0.4) is 0 Å². The Balaban J connectivity index is 1.73. The van der Waals surface area contributed by atoms with E-state index in [1.165, 1.54) is 24.3 Å². The third kappa shape index (κ3) is 7.56. The molecule has 2 N–H and O–H groups in total. The third-order valence-electron chi connectivity index (χ3n) is 4.08. The lowest BCUT2D eigenvalue weighted by Gasteiger charge is -2.25. The first-order valence-corrected chi connectivity index (χ1v) is 8.76. The molecule has 2 aromatic carbocycles. The lowest BCUT2D eigenvalue weighted by molar-refractivity contribution is -0.120. The topological polar surface area (TPSA) is 58.2 Å². The first-order valence-electron chi connectivity index (χ1n) is 8.76. The minimum atomic E-state index is -0.336. The van der Waals surface area contributed by atoms with Gasteiger partial charge in [0.15, 0.2) is 0 Å². The minimum Gasteiger partial charge on any atom is -0.355 e. The van der Waals surface area contributed by atoms with Crippen molar-refractivity contribution < 1.29 is 18.4 Å². The van der Waals surface area contributed by atoms with Gasteiger partial charge in [-0.05, 0) is 40.8 Å². The largest absolute Gasteiger partial charge is 0.355 e. The Hall–Kier alpha value is -2.76. The van der Waals surface area contributed by atoms with Gasteiger partial charge in [0.1, 0.15) is 11.6 Å². The number of rotatable bonds is 8.